The van der Waals surface area contributed by atoms with E-state index in [4.69, 9.17) is 15.2 Å². The van der Waals surface area contributed by atoms with E-state index in [0.717, 1.165) is 42.3 Å². The highest BCUT2D eigenvalue weighted by atomic mass is 16.5. The largest absolute Gasteiger partial charge is 0.494 e. The van der Waals surface area contributed by atoms with Gasteiger partial charge in [-0.05, 0) is 55.3 Å². The lowest BCUT2D eigenvalue weighted by Gasteiger charge is -2.08. The van der Waals surface area contributed by atoms with Crippen LogP contribution in [0.4, 0.5) is 0 Å². The molecule has 0 aliphatic carbocycles. The van der Waals surface area contributed by atoms with E-state index in [9.17, 15) is 0 Å². The molecule has 0 bridgehead atoms. The van der Waals surface area contributed by atoms with Crippen LogP contribution >= 0.6 is 0 Å². The van der Waals surface area contributed by atoms with Gasteiger partial charge < -0.3 is 15.2 Å². The first-order valence-electron chi connectivity index (χ1n) is 6.86. The third-order valence-electron chi connectivity index (χ3n) is 2.74. The van der Waals surface area contributed by atoms with Gasteiger partial charge in [0.15, 0.2) is 0 Å². The first-order chi connectivity index (χ1) is 9.81. The number of hydrogen-bond acceptors (Lipinski definition) is 4. The second-order valence-corrected chi connectivity index (χ2v) is 4.49. The summed E-state index contributed by atoms with van der Waals surface area (Å²) in [4.78, 5) is 4.15. The van der Waals surface area contributed by atoms with Crippen LogP contribution in [-0.2, 0) is 6.42 Å². The van der Waals surface area contributed by atoms with Crippen molar-refractivity contribution in [1.29, 1.82) is 0 Å². The molecule has 0 aliphatic rings. The van der Waals surface area contributed by atoms with Gasteiger partial charge in [-0.25, -0.2) is 0 Å². The predicted molar refractivity (Wildman–Crippen MR) is 79.3 cm³/mol. The van der Waals surface area contributed by atoms with Crippen LogP contribution in [0.15, 0.2) is 42.7 Å². The lowest BCUT2D eigenvalue weighted by atomic mass is 10.2. The van der Waals surface area contributed by atoms with Crippen molar-refractivity contribution in [2.75, 3.05) is 13.2 Å². The van der Waals surface area contributed by atoms with Crippen molar-refractivity contribution >= 4 is 0 Å². The number of hydrogen-bond donors (Lipinski definition) is 1. The van der Waals surface area contributed by atoms with Crippen LogP contribution in [0, 0.1) is 0 Å². The molecule has 4 heteroatoms. The fraction of sp³-hybridized carbons (Fsp3) is 0.312. The summed E-state index contributed by atoms with van der Waals surface area (Å²) in [7, 11) is 0. The number of aromatic nitrogens is 1. The maximum Gasteiger partial charge on any atom is 0.145 e. The Morgan fingerprint density at radius 1 is 1.05 bits per heavy atom. The van der Waals surface area contributed by atoms with E-state index < -0.39 is 0 Å². The van der Waals surface area contributed by atoms with Crippen LogP contribution in [0.25, 0.3) is 0 Å². The van der Waals surface area contributed by atoms with E-state index in [1.807, 2.05) is 30.3 Å². The molecule has 0 saturated heterocycles. The maximum absolute atomic E-state index is 5.77. The number of nitrogens with two attached hydrogens (primary N) is 1. The molecular weight excluding hydrogens is 252 g/mol. The third kappa shape index (κ3) is 4.24. The molecule has 0 unspecified atom stereocenters. The van der Waals surface area contributed by atoms with Crippen molar-refractivity contribution in [2.45, 2.75) is 19.8 Å². The molecular formula is C16H20N2O2. The highest BCUT2D eigenvalue weighted by Crippen LogP contribution is 2.24. The molecule has 0 radical (unpaired) electrons. The summed E-state index contributed by atoms with van der Waals surface area (Å²) >= 11 is 0. The number of nitrogens with zero attached hydrogens (tertiary/aromatic N) is 1. The first kappa shape index (κ1) is 14.3. The molecule has 106 valence electrons. The average molecular weight is 272 g/mol. The standard InChI is InChI=1S/C16H20N2O2/c1-2-9-19-14-3-5-15(6-4-14)20-16-10-13(7-8-17)11-18-12-16/h3-6,10-12H,2,7-9,17H2,1H3. The Bertz CT molecular complexity index is 526. The summed E-state index contributed by atoms with van der Waals surface area (Å²) < 4.78 is 11.3. The highest BCUT2D eigenvalue weighted by Gasteiger charge is 2.01. The smallest absolute Gasteiger partial charge is 0.145 e. The van der Waals surface area contributed by atoms with Crippen molar-refractivity contribution in [3.05, 3.63) is 48.3 Å². The molecule has 20 heavy (non-hydrogen) atoms. The van der Waals surface area contributed by atoms with E-state index >= 15 is 0 Å². The second kappa shape index (κ2) is 7.50. The minimum atomic E-state index is 0.606. The molecule has 1 heterocycles. The third-order valence-corrected chi connectivity index (χ3v) is 2.74. The van der Waals surface area contributed by atoms with E-state index in [0.29, 0.717) is 6.54 Å². The van der Waals surface area contributed by atoms with Crippen LogP contribution in [-0.4, -0.2) is 18.1 Å². The van der Waals surface area contributed by atoms with Crippen LogP contribution in [0.1, 0.15) is 18.9 Å². The van der Waals surface area contributed by atoms with Gasteiger partial charge in [-0.1, -0.05) is 6.92 Å². The molecule has 0 fully saturated rings. The van der Waals surface area contributed by atoms with Crippen LogP contribution in [0.3, 0.4) is 0 Å². The molecule has 0 amide bonds. The number of benzene rings is 1. The molecule has 2 aromatic rings. The molecule has 2 N–H and O–H groups in total. The van der Waals surface area contributed by atoms with Crippen molar-refractivity contribution in [1.82, 2.24) is 4.98 Å². The lowest BCUT2D eigenvalue weighted by molar-refractivity contribution is 0.317. The van der Waals surface area contributed by atoms with E-state index in [-0.39, 0.29) is 0 Å². The zero-order valence-corrected chi connectivity index (χ0v) is 11.7. The molecule has 0 saturated carbocycles. The van der Waals surface area contributed by atoms with Crippen molar-refractivity contribution < 1.29 is 9.47 Å². The number of ether oxygens (including phenoxy) is 2. The van der Waals surface area contributed by atoms with Gasteiger partial charge in [0.25, 0.3) is 0 Å². The number of rotatable bonds is 7. The summed E-state index contributed by atoms with van der Waals surface area (Å²) in [6.07, 6.45) is 5.30. The Morgan fingerprint density at radius 2 is 1.80 bits per heavy atom. The quantitative estimate of drug-likeness (QED) is 0.841. The molecule has 0 aliphatic heterocycles. The fourth-order valence-corrected chi connectivity index (χ4v) is 1.78. The lowest BCUT2D eigenvalue weighted by Crippen LogP contribution is -2.03. The fourth-order valence-electron chi connectivity index (χ4n) is 1.78. The van der Waals surface area contributed by atoms with Crippen LogP contribution < -0.4 is 15.2 Å². The van der Waals surface area contributed by atoms with Crippen molar-refractivity contribution in [2.24, 2.45) is 5.73 Å². The highest BCUT2D eigenvalue weighted by molar-refractivity contribution is 5.35. The zero-order valence-electron chi connectivity index (χ0n) is 11.7. The summed E-state index contributed by atoms with van der Waals surface area (Å²) in [6.45, 7) is 3.42. The Labute approximate surface area is 119 Å². The summed E-state index contributed by atoms with van der Waals surface area (Å²) in [5.41, 5.74) is 6.61. The summed E-state index contributed by atoms with van der Waals surface area (Å²) in [6, 6.07) is 9.55. The molecule has 2 rings (SSSR count). The Hall–Kier alpha value is -2.07. The first-order valence-corrected chi connectivity index (χ1v) is 6.86. The molecule has 4 nitrogen and oxygen atoms in total. The van der Waals surface area contributed by atoms with Crippen molar-refractivity contribution in [3.63, 3.8) is 0 Å². The van der Waals surface area contributed by atoms with E-state index in [1.54, 1.807) is 12.4 Å². The summed E-state index contributed by atoms with van der Waals surface area (Å²) in [5.74, 6) is 2.34. The molecule has 0 spiro atoms. The topological polar surface area (TPSA) is 57.4 Å². The van der Waals surface area contributed by atoms with Gasteiger partial charge in [0.2, 0.25) is 0 Å². The van der Waals surface area contributed by atoms with Gasteiger partial charge in [0, 0.05) is 6.20 Å². The van der Waals surface area contributed by atoms with Crippen molar-refractivity contribution in [3.8, 4) is 17.2 Å². The minimum Gasteiger partial charge on any atom is -0.494 e. The Kier molecular flexibility index (Phi) is 5.38. The molecule has 0 atom stereocenters. The van der Waals surface area contributed by atoms with E-state index in [2.05, 4.69) is 11.9 Å². The minimum absolute atomic E-state index is 0.606. The van der Waals surface area contributed by atoms with Gasteiger partial charge in [0.05, 0.1) is 12.8 Å². The molecule has 1 aromatic heterocycles. The van der Waals surface area contributed by atoms with Gasteiger partial charge in [-0.2, -0.15) is 0 Å². The number of pyridine rings is 1. The van der Waals surface area contributed by atoms with Gasteiger partial charge in [0.1, 0.15) is 17.2 Å². The average Bonchev–Trinajstić information content (AvgIpc) is 2.47. The summed E-state index contributed by atoms with van der Waals surface area (Å²) in [5, 5.41) is 0. The van der Waals surface area contributed by atoms with E-state index in [1.165, 1.54) is 0 Å². The molecule has 1 aromatic carbocycles. The Morgan fingerprint density at radius 3 is 2.50 bits per heavy atom. The van der Waals surface area contributed by atoms with Crippen LogP contribution in [0.5, 0.6) is 17.2 Å². The van der Waals surface area contributed by atoms with Gasteiger partial charge in [-0.3, -0.25) is 4.98 Å². The Balaban J connectivity index is 2.00. The van der Waals surface area contributed by atoms with Gasteiger partial charge >= 0.3 is 0 Å². The SMILES string of the molecule is CCCOc1ccc(Oc2cncc(CCN)c2)cc1. The zero-order chi connectivity index (χ0) is 14.2. The monoisotopic (exact) mass is 272 g/mol. The predicted octanol–water partition coefficient (Wildman–Crippen LogP) is 3.16. The maximum atomic E-state index is 5.77. The second-order valence-electron chi connectivity index (χ2n) is 4.49. The van der Waals surface area contributed by atoms with Gasteiger partial charge in [-0.15, -0.1) is 0 Å². The normalized spacial score (nSPS) is 10.3. The van der Waals surface area contributed by atoms with Crippen LogP contribution in [0.2, 0.25) is 0 Å².